The van der Waals surface area contributed by atoms with Crippen molar-refractivity contribution in [3.63, 3.8) is 0 Å². The molecule has 4 heteroatoms. The van der Waals surface area contributed by atoms with Crippen LogP contribution in [-0.2, 0) is 19.1 Å². The van der Waals surface area contributed by atoms with Crippen molar-refractivity contribution >= 4 is 11.9 Å². The predicted octanol–water partition coefficient (Wildman–Crippen LogP) is 7.30. The summed E-state index contributed by atoms with van der Waals surface area (Å²) in [4.78, 5) is 23.4. The lowest BCUT2D eigenvalue weighted by Gasteiger charge is -2.12. The van der Waals surface area contributed by atoms with E-state index in [0.717, 1.165) is 38.5 Å². The van der Waals surface area contributed by atoms with Gasteiger partial charge in [-0.2, -0.15) is 0 Å². The van der Waals surface area contributed by atoms with Gasteiger partial charge < -0.3 is 9.47 Å². The standard InChI is InChI=1S/C25H46O4/c1-4-6-8-9-10-11-12-13-14-15-16-17-18-19-20-21-24(26)29-23(3)25(27)28-22-7-5-2/h13-14,23H,4-12,15-22H2,1-3H3/b14-13-. The molecule has 0 aliphatic rings. The molecule has 170 valence electrons. The molecule has 0 aliphatic carbocycles. The molecule has 29 heavy (non-hydrogen) atoms. The van der Waals surface area contributed by atoms with Crippen molar-refractivity contribution in [1.29, 1.82) is 0 Å². The van der Waals surface area contributed by atoms with Crippen LogP contribution in [0.15, 0.2) is 12.2 Å². The lowest BCUT2D eigenvalue weighted by atomic mass is 10.1. The molecule has 0 aromatic heterocycles. The molecule has 0 spiro atoms. The van der Waals surface area contributed by atoms with Gasteiger partial charge in [-0.3, -0.25) is 4.79 Å². The van der Waals surface area contributed by atoms with Gasteiger partial charge in [0.05, 0.1) is 6.61 Å². The SMILES string of the molecule is CCCCCCCC/C=C\CCCCCCCC(=O)OC(C)C(=O)OCCCC. The Morgan fingerprint density at radius 2 is 1.24 bits per heavy atom. The van der Waals surface area contributed by atoms with Crippen molar-refractivity contribution in [2.75, 3.05) is 6.61 Å². The fourth-order valence-corrected chi connectivity index (χ4v) is 3.08. The molecule has 0 aromatic rings. The molecule has 0 bridgehead atoms. The number of carbonyl (C=O) groups is 2. The second-order valence-corrected chi connectivity index (χ2v) is 7.99. The second-order valence-electron chi connectivity index (χ2n) is 7.99. The number of rotatable bonds is 20. The van der Waals surface area contributed by atoms with E-state index in [4.69, 9.17) is 9.47 Å². The Labute approximate surface area is 179 Å². The highest BCUT2D eigenvalue weighted by Crippen LogP contribution is 2.10. The first kappa shape index (κ1) is 27.7. The van der Waals surface area contributed by atoms with Gasteiger partial charge in [0.15, 0.2) is 6.10 Å². The molecule has 1 atom stereocenters. The molecular formula is C25H46O4. The molecule has 1 unspecified atom stereocenters. The molecule has 0 heterocycles. The first-order chi connectivity index (χ1) is 14.1. The highest BCUT2D eigenvalue weighted by Gasteiger charge is 2.18. The van der Waals surface area contributed by atoms with E-state index in [-0.39, 0.29) is 5.97 Å². The summed E-state index contributed by atoms with van der Waals surface area (Å²) in [6.45, 7) is 6.26. The largest absolute Gasteiger partial charge is 0.463 e. The molecule has 0 aliphatic heterocycles. The van der Waals surface area contributed by atoms with Crippen LogP contribution in [0.2, 0.25) is 0 Å². The van der Waals surface area contributed by atoms with Crippen molar-refractivity contribution in [3.8, 4) is 0 Å². The number of carbonyl (C=O) groups excluding carboxylic acids is 2. The second kappa shape index (κ2) is 21.4. The summed E-state index contributed by atoms with van der Waals surface area (Å²) in [7, 11) is 0. The number of unbranched alkanes of at least 4 members (excludes halogenated alkanes) is 12. The van der Waals surface area contributed by atoms with Crippen LogP contribution in [0.25, 0.3) is 0 Å². The minimum Gasteiger partial charge on any atom is -0.463 e. The van der Waals surface area contributed by atoms with Crippen LogP contribution < -0.4 is 0 Å². The van der Waals surface area contributed by atoms with Gasteiger partial charge in [0.25, 0.3) is 0 Å². The van der Waals surface area contributed by atoms with Crippen LogP contribution in [0.5, 0.6) is 0 Å². The van der Waals surface area contributed by atoms with E-state index >= 15 is 0 Å². The average molecular weight is 411 g/mol. The minimum atomic E-state index is -0.803. The van der Waals surface area contributed by atoms with Gasteiger partial charge >= 0.3 is 11.9 Å². The van der Waals surface area contributed by atoms with Crippen LogP contribution >= 0.6 is 0 Å². The van der Waals surface area contributed by atoms with Crippen molar-refractivity contribution in [3.05, 3.63) is 12.2 Å². The molecule has 0 N–H and O–H groups in total. The maximum atomic E-state index is 11.8. The summed E-state index contributed by atoms with van der Waals surface area (Å²) in [5, 5.41) is 0. The topological polar surface area (TPSA) is 52.6 Å². The fourth-order valence-electron chi connectivity index (χ4n) is 3.08. The van der Waals surface area contributed by atoms with Crippen LogP contribution in [0.4, 0.5) is 0 Å². The lowest BCUT2D eigenvalue weighted by Crippen LogP contribution is -2.26. The lowest BCUT2D eigenvalue weighted by molar-refractivity contribution is -0.166. The maximum Gasteiger partial charge on any atom is 0.347 e. The Hall–Kier alpha value is -1.32. The third-order valence-electron chi connectivity index (χ3n) is 5.03. The monoisotopic (exact) mass is 410 g/mol. The quantitative estimate of drug-likeness (QED) is 0.120. The maximum absolute atomic E-state index is 11.8. The van der Waals surface area contributed by atoms with Gasteiger partial charge in [-0.1, -0.05) is 83.8 Å². The van der Waals surface area contributed by atoms with Crippen LogP contribution in [0.1, 0.15) is 124 Å². The van der Waals surface area contributed by atoms with Gasteiger partial charge in [-0.15, -0.1) is 0 Å². The molecular weight excluding hydrogens is 364 g/mol. The summed E-state index contributed by atoms with van der Waals surface area (Å²) < 4.78 is 10.2. The van der Waals surface area contributed by atoms with E-state index in [9.17, 15) is 9.59 Å². The molecule has 0 saturated heterocycles. The van der Waals surface area contributed by atoms with E-state index in [2.05, 4.69) is 19.1 Å². The van der Waals surface area contributed by atoms with E-state index in [1.165, 1.54) is 57.8 Å². The molecule has 0 rings (SSSR count). The summed E-state index contributed by atoms with van der Waals surface area (Å²) in [5.74, 6) is -0.751. The van der Waals surface area contributed by atoms with Crippen LogP contribution in [0, 0.1) is 0 Å². The Kier molecular flexibility index (Phi) is 20.4. The zero-order valence-corrected chi connectivity index (χ0v) is 19.4. The average Bonchev–Trinajstić information content (AvgIpc) is 2.70. The van der Waals surface area contributed by atoms with Gasteiger partial charge in [-0.25, -0.2) is 4.79 Å². The minimum absolute atomic E-state index is 0.303. The third kappa shape index (κ3) is 19.8. The first-order valence-electron chi connectivity index (χ1n) is 12.1. The van der Waals surface area contributed by atoms with Crippen LogP contribution in [0.3, 0.4) is 0 Å². The number of ether oxygens (including phenoxy) is 2. The molecule has 0 saturated carbocycles. The van der Waals surface area contributed by atoms with Gasteiger partial charge in [-0.05, 0) is 45.4 Å². The molecule has 4 nitrogen and oxygen atoms in total. The Bertz CT molecular complexity index is 417. The van der Waals surface area contributed by atoms with Crippen molar-refractivity contribution in [2.24, 2.45) is 0 Å². The van der Waals surface area contributed by atoms with Gasteiger partial charge in [0, 0.05) is 6.42 Å². The Balaban J connectivity index is 3.43. The van der Waals surface area contributed by atoms with Crippen molar-refractivity contribution in [1.82, 2.24) is 0 Å². The molecule has 0 radical (unpaired) electrons. The summed E-state index contributed by atoms with van der Waals surface area (Å²) in [5.41, 5.74) is 0. The van der Waals surface area contributed by atoms with Gasteiger partial charge in [0.2, 0.25) is 0 Å². The Morgan fingerprint density at radius 1 is 0.724 bits per heavy atom. The van der Waals surface area contributed by atoms with E-state index in [1.807, 2.05) is 6.92 Å². The van der Waals surface area contributed by atoms with Gasteiger partial charge in [0.1, 0.15) is 0 Å². The zero-order valence-electron chi connectivity index (χ0n) is 19.4. The Morgan fingerprint density at radius 3 is 1.83 bits per heavy atom. The number of allylic oxidation sites excluding steroid dienone is 2. The molecule has 0 amide bonds. The first-order valence-corrected chi connectivity index (χ1v) is 12.1. The number of esters is 2. The molecule has 0 fully saturated rings. The highest BCUT2D eigenvalue weighted by molar-refractivity contribution is 5.78. The summed E-state index contributed by atoms with van der Waals surface area (Å²) in [6.07, 6.45) is 22.0. The zero-order chi connectivity index (χ0) is 21.6. The fraction of sp³-hybridized carbons (Fsp3) is 0.840. The summed E-state index contributed by atoms with van der Waals surface area (Å²) >= 11 is 0. The highest BCUT2D eigenvalue weighted by atomic mass is 16.6. The number of hydrogen-bond donors (Lipinski definition) is 0. The van der Waals surface area contributed by atoms with E-state index in [0.29, 0.717) is 13.0 Å². The van der Waals surface area contributed by atoms with Crippen molar-refractivity contribution in [2.45, 2.75) is 130 Å². The van der Waals surface area contributed by atoms with Crippen molar-refractivity contribution < 1.29 is 19.1 Å². The number of hydrogen-bond acceptors (Lipinski definition) is 4. The van der Waals surface area contributed by atoms with E-state index < -0.39 is 12.1 Å². The van der Waals surface area contributed by atoms with Crippen LogP contribution in [-0.4, -0.2) is 24.6 Å². The smallest absolute Gasteiger partial charge is 0.347 e. The third-order valence-corrected chi connectivity index (χ3v) is 5.03. The van der Waals surface area contributed by atoms with E-state index in [1.54, 1.807) is 6.92 Å². The normalized spacial score (nSPS) is 12.2. The molecule has 0 aromatic carbocycles. The summed E-state index contributed by atoms with van der Waals surface area (Å²) in [6, 6.07) is 0. The predicted molar refractivity (Wildman–Crippen MR) is 121 cm³/mol.